The molecule has 0 spiro atoms. The van der Waals surface area contributed by atoms with Crippen LogP contribution < -0.4 is 5.32 Å². The van der Waals surface area contributed by atoms with Crippen LogP contribution in [0, 0.1) is 6.92 Å². The Kier molecular flexibility index (Phi) is 8.70. The maximum Gasteiger partial charge on any atom is 0.322 e. The van der Waals surface area contributed by atoms with E-state index < -0.39 is 0 Å². The molecule has 0 saturated carbocycles. The van der Waals surface area contributed by atoms with Crippen LogP contribution in [-0.2, 0) is 24.9 Å². The van der Waals surface area contributed by atoms with Gasteiger partial charge in [-0.2, -0.15) is 0 Å². The molecule has 2 aromatic carbocycles. The van der Waals surface area contributed by atoms with Crippen LogP contribution in [0.4, 0.5) is 10.5 Å². The first-order valence-electron chi connectivity index (χ1n) is 11.5. The molecule has 6 nitrogen and oxygen atoms in total. The number of carbonyl (C=O) groups excluding carboxylic acids is 2. The molecule has 0 radical (unpaired) electrons. The molecule has 0 atom stereocenters. The molecule has 33 heavy (non-hydrogen) atoms. The van der Waals surface area contributed by atoms with Crippen LogP contribution in [-0.4, -0.2) is 39.4 Å². The van der Waals surface area contributed by atoms with Gasteiger partial charge >= 0.3 is 6.03 Å². The molecule has 1 N–H and O–H groups in total. The number of hydrogen-bond acceptors (Lipinski definition) is 2. The first-order chi connectivity index (χ1) is 16.0. The van der Waals surface area contributed by atoms with Crippen molar-refractivity contribution in [1.82, 2.24) is 14.4 Å². The molecule has 0 aliphatic heterocycles. The molecule has 3 rings (SSSR count). The van der Waals surface area contributed by atoms with Crippen LogP contribution in [0.25, 0.3) is 0 Å². The van der Waals surface area contributed by atoms with E-state index in [0.29, 0.717) is 19.6 Å². The number of rotatable bonds is 10. The minimum absolute atomic E-state index is 0.0367. The van der Waals surface area contributed by atoms with E-state index in [9.17, 15) is 9.59 Å². The fourth-order valence-corrected chi connectivity index (χ4v) is 3.60. The summed E-state index contributed by atoms with van der Waals surface area (Å²) in [6, 6.07) is 21.4. The Morgan fingerprint density at radius 3 is 2.27 bits per heavy atom. The zero-order valence-corrected chi connectivity index (χ0v) is 19.8. The van der Waals surface area contributed by atoms with E-state index in [1.165, 1.54) is 0 Å². The van der Waals surface area contributed by atoms with Crippen molar-refractivity contribution in [3.8, 4) is 0 Å². The number of nitrogens with zero attached hydrogens (tertiary/aromatic N) is 3. The van der Waals surface area contributed by atoms with Crippen molar-refractivity contribution >= 4 is 17.6 Å². The topological polar surface area (TPSA) is 57.6 Å². The van der Waals surface area contributed by atoms with Gasteiger partial charge in [0, 0.05) is 37.7 Å². The second-order valence-electron chi connectivity index (χ2n) is 8.42. The molecule has 0 aliphatic rings. The second kappa shape index (κ2) is 11.9. The van der Waals surface area contributed by atoms with Crippen molar-refractivity contribution in [2.75, 3.05) is 18.4 Å². The Hall–Kier alpha value is -3.54. The van der Waals surface area contributed by atoms with E-state index in [1.54, 1.807) is 4.90 Å². The molecule has 0 bridgehead atoms. The maximum absolute atomic E-state index is 13.5. The molecule has 3 aromatic rings. The molecule has 1 aromatic heterocycles. The normalized spacial score (nSPS) is 10.6. The number of aryl methyl sites for hydroxylation is 2. The molecule has 1 heterocycles. The van der Waals surface area contributed by atoms with E-state index in [1.807, 2.05) is 96.4 Å². The van der Waals surface area contributed by atoms with E-state index >= 15 is 0 Å². The summed E-state index contributed by atoms with van der Waals surface area (Å²) in [7, 11) is 1.98. The number of benzene rings is 2. The zero-order valence-electron chi connectivity index (χ0n) is 19.8. The quantitative estimate of drug-likeness (QED) is 0.466. The molecule has 0 unspecified atom stereocenters. The third kappa shape index (κ3) is 7.24. The van der Waals surface area contributed by atoms with E-state index in [4.69, 9.17) is 0 Å². The zero-order chi connectivity index (χ0) is 23.6. The van der Waals surface area contributed by atoms with Crippen molar-refractivity contribution in [1.29, 1.82) is 0 Å². The monoisotopic (exact) mass is 446 g/mol. The van der Waals surface area contributed by atoms with Gasteiger partial charge in [0.25, 0.3) is 0 Å². The van der Waals surface area contributed by atoms with Crippen LogP contribution in [0.15, 0.2) is 72.9 Å². The van der Waals surface area contributed by atoms with Gasteiger partial charge < -0.3 is 19.7 Å². The Labute approximate surface area is 196 Å². The van der Waals surface area contributed by atoms with Crippen LogP contribution in [0.1, 0.15) is 36.6 Å². The summed E-state index contributed by atoms with van der Waals surface area (Å²) in [6.07, 6.45) is 3.76. The fourth-order valence-electron chi connectivity index (χ4n) is 3.60. The highest BCUT2D eigenvalue weighted by Crippen LogP contribution is 2.14. The molecule has 3 amide bonds. The first kappa shape index (κ1) is 24.1. The van der Waals surface area contributed by atoms with Crippen LogP contribution in [0.5, 0.6) is 0 Å². The summed E-state index contributed by atoms with van der Waals surface area (Å²) in [5, 5.41) is 2.94. The minimum Gasteiger partial charge on any atom is -0.353 e. The summed E-state index contributed by atoms with van der Waals surface area (Å²) in [6.45, 7) is 5.63. The van der Waals surface area contributed by atoms with Gasteiger partial charge in [0.05, 0.1) is 6.54 Å². The number of unbranched alkanes of at least 4 members (excludes halogenated alkanes) is 1. The van der Waals surface area contributed by atoms with Crippen molar-refractivity contribution in [3.05, 3.63) is 89.7 Å². The first-order valence-corrected chi connectivity index (χ1v) is 11.5. The highest BCUT2D eigenvalue weighted by Gasteiger charge is 2.22. The van der Waals surface area contributed by atoms with Gasteiger partial charge in [-0.15, -0.1) is 0 Å². The lowest BCUT2D eigenvalue weighted by Crippen LogP contribution is -2.44. The van der Waals surface area contributed by atoms with Crippen LogP contribution in [0.2, 0.25) is 0 Å². The van der Waals surface area contributed by atoms with Gasteiger partial charge in [0.1, 0.15) is 6.54 Å². The van der Waals surface area contributed by atoms with E-state index in [-0.39, 0.29) is 18.5 Å². The Bertz CT molecular complexity index is 1030. The minimum atomic E-state index is -0.251. The predicted molar refractivity (Wildman–Crippen MR) is 133 cm³/mol. The molecule has 0 fully saturated rings. The molecular weight excluding hydrogens is 412 g/mol. The summed E-state index contributed by atoms with van der Waals surface area (Å²) in [4.78, 5) is 29.9. The lowest BCUT2D eigenvalue weighted by Gasteiger charge is -2.28. The smallest absolute Gasteiger partial charge is 0.322 e. The largest absolute Gasteiger partial charge is 0.353 e. The van der Waals surface area contributed by atoms with Crippen LogP contribution >= 0.6 is 0 Å². The van der Waals surface area contributed by atoms with Gasteiger partial charge in [-0.3, -0.25) is 4.79 Å². The van der Waals surface area contributed by atoms with Gasteiger partial charge in [0.15, 0.2) is 0 Å². The lowest BCUT2D eigenvalue weighted by atomic mass is 10.2. The van der Waals surface area contributed by atoms with Gasteiger partial charge in [-0.1, -0.05) is 61.4 Å². The molecule has 174 valence electrons. The third-order valence-electron chi connectivity index (χ3n) is 5.67. The summed E-state index contributed by atoms with van der Waals surface area (Å²) in [5.74, 6) is -0.0739. The van der Waals surface area contributed by atoms with Gasteiger partial charge in [-0.25, -0.2) is 4.79 Å². The maximum atomic E-state index is 13.5. The van der Waals surface area contributed by atoms with Crippen molar-refractivity contribution in [3.63, 3.8) is 0 Å². The molecule has 6 heteroatoms. The van der Waals surface area contributed by atoms with Crippen molar-refractivity contribution < 1.29 is 9.59 Å². The number of urea groups is 1. The highest BCUT2D eigenvalue weighted by atomic mass is 16.2. The van der Waals surface area contributed by atoms with Crippen molar-refractivity contribution in [2.24, 2.45) is 7.05 Å². The molecule has 0 saturated heterocycles. The van der Waals surface area contributed by atoms with E-state index in [2.05, 4.69) is 12.2 Å². The number of anilines is 1. The Balaban J connectivity index is 1.75. The number of amides is 3. The summed E-state index contributed by atoms with van der Waals surface area (Å²) in [5.41, 5.74) is 3.96. The van der Waals surface area contributed by atoms with Crippen LogP contribution in [0.3, 0.4) is 0 Å². The predicted octanol–water partition coefficient (Wildman–Crippen LogP) is 5.20. The van der Waals surface area contributed by atoms with Crippen molar-refractivity contribution in [2.45, 2.75) is 39.8 Å². The molecular formula is C27H34N4O2. The second-order valence-corrected chi connectivity index (χ2v) is 8.42. The number of carbonyl (C=O) groups is 2. The SMILES string of the molecule is CCCCN(CC(=O)N(Cc1ccccc1)Cc1cccn1C)C(=O)Nc1ccc(C)cc1. The molecule has 0 aliphatic carbocycles. The number of nitrogens with one attached hydrogen (secondary N) is 1. The summed E-state index contributed by atoms with van der Waals surface area (Å²) >= 11 is 0. The van der Waals surface area contributed by atoms with Gasteiger partial charge in [0.2, 0.25) is 5.91 Å². The average Bonchev–Trinajstić information content (AvgIpc) is 3.22. The van der Waals surface area contributed by atoms with Gasteiger partial charge in [-0.05, 0) is 43.2 Å². The number of hydrogen-bond donors (Lipinski definition) is 1. The standard InChI is InChI=1S/C27H34N4O2/c1-4-5-18-30(27(33)28-24-15-13-22(2)14-16-24)21-26(32)31(19-23-10-7-6-8-11-23)20-25-12-9-17-29(25)3/h6-17H,4-5,18-21H2,1-3H3,(H,28,33). The lowest BCUT2D eigenvalue weighted by molar-refractivity contribution is -0.133. The van der Waals surface area contributed by atoms with E-state index in [0.717, 1.165) is 35.3 Å². The number of aromatic nitrogens is 1. The highest BCUT2D eigenvalue weighted by molar-refractivity contribution is 5.92. The third-order valence-corrected chi connectivity index (χ3v) is 5.67. The Morgan fingerprint density at radius 1 is 0.909 bits per heavy atom. The Morgan fingerprint density at radius 2 is 1.64 bits per heavy atom. The average molecular weight is 447 g/mol. The fraction of sp³-hybridized carbons (Fsp3) is 0.333. The summed E-state index contributed by atoms with van der Waals surface area (Å²) < 4.78 is 2.02.